The summed E-state index contributed by atoms with van der Waals surface area (Å²) in [4.78, 5) is 0. The van der Waals surface area contributed by atoms with E-state index >= 15 is 0 Å². The molecular formula is C48H81NO39. The van der Waals surface area contributed by atoms with Crippen molar-refractivity contribution in [1.29, 1.82) is 0 Å². The Hall–Kier alpha value is -1.60. The molecule has 0 aromatic heterocycles. The van der Waals surface area contributed by atoms with Crippen LogP contribution in [0.5, 0.6) is 0 Å². The first-order chi connectivity index (χ1) is 41.9. The third kappa shape index (κ3) is 13.8. The van der Waals surface area contributed by atoms with Crippen molar-refractivity contribution in [2.75, 3.05) is 52.9 Å². The molecule has 30 fully saturated rings. The van der Waals surface area contributed by atoms with Crippen molar-refractivity contribution in [3.05, 3.63) is 0 Å². The molecular weight excluding hydrogens is 1210 g/mol. The van der Waals surface area contributed by atoms with Crippen molar-refractivity contribution in [3.8, 4) is 0 Å². The van der Waals surface area contributed by atoms with E-state index in [4.69, 9.17) is 81.5 Å². The molecule has 0 aliphatic carbocycles. The van der Waals surface area contributed by atoms with Gasteiger partial charge in [-0.05, 0) is 0 Å². The second-order valence-corrected chi connectivity index (χ2v) is 22.5. The van der Waals surface area contributed by atoms with Gasteiger partial charge < -0.3 is 199 Å². The summed E-state index contributed by atoms with van der Waals surface area (Å²) in [7, 11) is 0. The molecule has 40 nitrogen and oxygen atoms in total. The average molecular weight is 1300 g/mol. The SMILES string of the molecule is NC1C(O)C2OC(CO)C1OC1OC(CO)C(OC3OC(CO)C(OC4OC(CO)C(OC5OC(CO)C(OC6OC(CO)C(OC7OC(CO)C(OC8OC(CO)C(O2)C(O)C8O)C(O)C7O)C(O)C6O)C(O)C5O)C(O)C4O)C(O)C3O)C(O)C1O. The third-order valence-electron chi connectivity index (χ3n) is 17.0. The van der Waals surface area contributed by atoms with Crippen LogP contribution in [0.25, 0.3) is 0 Å². The highest BCUT2D eigenvalue weighted by Gasteiger charge is 2.60. The molecule has 40 unspecified atom stereocenters. The number of aliphatic hydroxyl groups is 23. The molecule has 512 valence electrons. The van der Waals surface area contributed by atoms with E-state index in [0.717, 1.165) is 0 Å². The zero-order valence-electron chi connectivity index (χ0n) is 46.1. The Kier molecular flexibility index (Phi) is 24.1. The molecule has 30 rings (SSSR count). The van der Waals surface area contributed by atoms with E-state index in [1.807, 2.05) is 0 Å². The molecule has 0 spiro atoms. The monoisotopic (exact) mass is 1300 g/mol. The predicted molar refractivity (Wildman–Crippen MR) is 263 cm³/mol. The van der Waals surface area contributed by atoms with Crippen LogP contribution in [0, 0.1) is 0 Å². The van der Waals surface area contributed by atoms with Gasteiger partial charge in [0, 0.05) is 0 Å². The van der Waals surface area contributed by atoms with Crippen molar-refractivity contribution in [1.82, 2.24) is 0 Å². The Morgan fingerprint density at radius 3 is 0.443 bits per heavy atom. The van der Waals surface area contributed by atoms with E-state index in [2.05, 4.69) is 0 Å². The lowest BCUT2D eigenvalue weighted by atomic mass is 9.94. The quantitative estimate of drug-likeness (QED) is 0.107. The summed E-state index contributed by atoms with van der Waals surface area (Å²) >= 11 is 0. The van der Waals surface area contributed by atoms with E-state index in [1.165, 1.54) is 0 Å². The number of rotatable bonds is 8. The van der Waals surface area contributed by atoms with Crippen molar-refractivity contribution >= 4 is 0 Å². The Balaban J connectivity index is 0.975. The first kappa shape index (κ1) is 70.7. The highest BCUT2D eigenvalue weighted by atomic mass is 16.8. The summed E-state index contributed by atoms with van der Waals surface area (Å²) in [6.45, 7) is -8.46. The number of aliphatic hydroxyl groups excluding tert-OH is 23. The van der Waals surface area contributed by atoms with Crippen LogP contribution in [0.2, 0.25) is 0 Å². The average Bonchev–Trinajstić information content (AvgIpc) is 0.979. The molecule has 30 aliphatic heterocycles. The zero-order valence-corrected chi connectivity index (χ0v) is 46.1. The maximum Gasteiger partial charge on any atom is 0.187 e. The first-order valence-corrected chi connectivity index (χ1v) is 28.2. The van der Waals surface area contributed by atoms with Gasteiger partial charge in [-0.1, -0.05) is 0 Å². The maximum atomic E-state index is 11.4. The molecule has 30 aliphatic rings. The van der Waals surface area contributed by atoms with Crippen molar-refractivity contribution in [2.24, 2.45) is 5.73 Å². The number of ether oxygens (including phenoxy) is 16. The standard InChI is InChI=1S/C48H81NO39/c49-17-18(58)41-73-9(1-50)33(17)81-42-26(66)19(59)35(11(3-52)74-42)83-44-28(68)21(61)37(13(5-54)76-44)85-46-30(70)23(63)39(15(7-56)78-46)87-48-32(72)25(65)40(16(8-57)80-48)88-47-31(71)24(64)38(14(6-55)79-47)86-45-29(69)22(62)36(12(4-53)77-45)84-43-27(67)20(60)34(82-41)10(2-51)75-43/h9-48,50-72H,1-8,49H2. The zero-order chi connectivity index (χ0) is 64.1. The highest BCUT2D eigenvalue weighted by molar-refractivity contribution is 5.03. The lowest BCUT2D eigenvalue weighted by Crippen LogP contribution is -2.69. The van der Waals surface area contributed by atoms with Crippen LogP contribution in [0.1, 0.15) is 0 Å². The van der Waals surface area contributed by atoms with Crippen molar-refractivity contribution in [2.45, 2.75) is 246 Å². The van der Waals surface area contributed by atoms with E-state index in [-0.39, 0.29) is 0 Å². The van der Waals surface area contributed by atoms with Crippen LogP contribution in [0.4, 0.5) is 0 Å². The summed E-state index contributed by atoms with van der Waals surface area (Å²) in [6, 6.07) is -1.71. The minimum Gasteiger partial charge on any atom is -0.394 e. The summed E-state index contributed by atoms with van der Waals surface area (Å²) in [5.74, 6) is 0. The fourth-order valence-corrected chi connectivity index (χ4v) is 12.0. The van der Waals surface area contributed by atoms with Gasteiger partial charge in [-0.25, -0.2) is 0 Å². The Bertz CT molecular complexity index is 1710. The van der Waals surface area contributed by atoms with Gasteiger partial charge in [0.1, 0.15) is 189 Å². The van der Waals surface area contributed by atoms with Crippen LogP contribution in [0.15, 0.2) is 0 Å². The Morgan fingerprint density at radius 1 is 0.170 bits per heavy atom. The lowest BCUT2D eigenvalue weighted by Gasteiger charge is -2.50. The van der Waals surface area contributed by atoms with Gasteiger partial charge in [-0.2, -0.15) is 0 Å². The highest BCUT2D eigenvalue weighted by Crippen LogP contribution is 2.39. The molecule has 40 heteroatoms. The summed E-state index contributed by atoms with van der Waals surface area (Å²) in [6.07, 6.45) is -78.4. The summed E-state index contributed by atoms with van der Waals surface area (Å²) < 4.78 is 91.6. The second kappa shape index (κ2) is 30.0. The fraction of sp³-hybridized carbons (Fsp3) is 1.00. The molecule has 0 radical (unpaired) electrons. The molecule has 40 atom stereocenters. The van der Waals surface area contributed by atoms with Gasteiger partial charge in [0.25, 0.3) is 0 Å². The van der Waals surface area contributed by atoms with Crippen LogP contribution in [-0.4, -0.2) is 416 Å². The van der Waals surface area contributed by atoms with Crippen LogP contribution in [0.3, 0.4) is 0 Å². The van der Waals surface area contributed by atoms with Crippen LogP contribution >= 0.6 is 0 Å². The Labute approximate surface area is 496 Å². The number of nitrogens with two attached hydrogens (primary N) is 1. The third-order valence-corrected chi connectivity index (χ3v) is 17.0. The summed E-state index contributed by atoms with van der Waals surface area (Å²) in [5.41, 5.74) is 6.37. The van der Waals surface area contributed by atoms with Crippen LogP contribution in [-0.2, 0) is 75.8 Å². The fourth-order valence-electron chi connectivity index (χ4n) is 12.0. The molecule has 0 amide bonds. The van der Waals surface area contributed by atoms with Gasteiger partial charge >= 0.3 is 0 Å². The largest absolute Gasteiger partial charge is 0.394 e. The molecule has 88 heavy (non-hydrogen) atoms. The molecule has 30 heterocycles. The minimum absolute atomic E-state index is 1.00. The molecule has 30 saturated heterocycles. The molecule has 0 aromatic carbocycles. The number of hydrogen-bond acceptors (Lipinski definition) is 40. The van der Waals surface area contributed by atoms with E-state index < -0.39 is 298 Å². The van der Waals surface area contributed by atoms with Gasteiger partial charge in [-0.3, -0.25) is 0 Å². The predicted octanol–water partition coefficient (Wildman–Crippen LogP) is -17.4. The molecule has 25 N–H and O–H groups in total. The van der Waals surface area contributed by atoms with E-state index in [9.17, 15) is 117 Å². The smallest absolute Gasteiger partial charge is 0.187 e. The molecule has 0 aromatic rings. The van der Waals surface area contributed by atoms with Crippen molar-refractivity contribution in [3.63, 3.8) is 0 Å². The first-order valence-electron chi connectivity index (χ1n) is 28.2. The van der Waals surface area contributed by atoms with Gasteiger partial charge in [-0.15, -0.1) is 0 Å². The minimum atomic E-state index is -2.24. The molecule has 16 bridgehead atoms. The van der Waals surface area contributed by atoms with Crippen molar-refractivity contribution < 1.29 is 193 Å². The van der Waals surface area contributed by atoms with Crippen LogP contribution < -0.4 is 5.73 Å². The Morgan fingerprint density at radius 2 is 0.295 bits per heavy atom. The summed E-state index contributed by atoms with van der Waals surface area (Å²) in [5, 5.41) is 254. The topological polar surface area (TPSA) is 639 Å². The maximum absolute atomic E-state index is 11.4. The van der Waals surface area contributed by atoms with E-state index in [0.29, 0.717) is 0 Å². The number of hydrogen-bond donors (Lipinski definition) is 24. The van der Waals surface area contributed by atoms with Gasteiger partial charge in [0.05, 0.1) is 58.9 Å². The van der Waals surface area contributed by atoms with E-state index in [1.54, 1.807) is 0 Å². The van der Waals surface area contributed by atoms with Gasteiger partial charge in [0.15, 0.2) is 50.3 Å². The second-order valence-electron chi connectivity index (χ2n) is 22.5. The molecule has 0 saturated carbocycles. The normalized spacial score (nSPS) is 55.4. The van der Waals surface area contributed by atoms with Gasteiger partial charge in [0.2, 0.25) is 0 Å². The lowest BCUT2D eigenvalue weighted by molar-refractivity contribution is -0.402.